The van der Waals surface area contributed by atoms with Crippen LogP contribution < -0.4 is 15.5 Å². The van der Waals surface area contributed by atoms with Gasteiger partial charge in [0.05, 0.1) is 6.54 Å². The van der Waals surface area contributed by atoms with E-state index in [2.05, 4.69) is 55.4 Å². The van der Waals surface area contributed by atoms with Crippen molar-refractivity contribution < 1.29 is 9.21 Å². The number of nitrogens with zero attached hydrogens (tertiary/aromatic N) is 3. The molecule has 21 heavy (non-hydrogen) atoms. The van der Waals surface area contributed by atoms with Gasteiger partial charge < -0.3 is 20.0 Å². The van der Waals surface area contributed by atoms with Gasteiger partial charge in [-0.1, -0.05) is 18.9 Å². The van der Waals surface area contributed by atoms with Crippen LogP contribution in [0.4, 0.5) is 6.01 Å². The largest absolute Gasteiger partial charge is 0.407 e. The quantitative estimate of drug-likeness (QED) is 0.786. The minimum atomic E-state index is -0.0567. The maximum absolute atomic E-state index is 11.7. The standard InChI is InChI=1S/C14H27N5O2/c1-10(2)7-15-11(20)9-19(6)13-18-17-12(21-13)8-16-14(3,4)5/h10,16H,7-9H2,1-6H3,(H,15,20). The van der Waals surface area contributed by atoms with Crippen molar-refractivity contribution >= 4 is 11.9 Å². The van der Waals surface area contributed by atoms with Crippen molar-refractivity contribution in [2.24, 2.45) is 5.92 Å². The lowest BCUT2D eigenvalue weighted by Gasteiger charge is -2.18. The van der Waals surface area contributed by atoms with Crippen LogP contribution in [0, 0.1) is 5.92 Å². The van der Waals surface area contributed by atoms with Crippen molar-refractivity contribution in [3.63, 3.8) is 0 Å². The van der Waals surface area contributed by atoms with Crippen molar-refractivity contribution in [3.8, 4) is 0 Å². The molecule has 120 valence electrons. The number of likely N-dealkylation sites (N-methyl/N-ethyl adjacent to an activating group) is 1. The Morgan fingerprint density at radius 3 is 2.57 bits per heavy atom. The first-order valence-corrected chi connectivity index (χ1v) is 7.22. The second-order valence-corrected chi connectivity index (χ2v) is 6.64. The van der Waals surface area contributed by atoms with E-state index in [1.165, 1.54) is 0 Å². The molecule has 1 heterocycles. The molecule has 0 spiro atoms. The Hall–Kier alpha value is -1.63. The zero-order valence-electron chi connectivity index (χ0n) is 13.9. The molecule has 1 aromatic rings. The summed E-state index contributed by atoms with van der Waals surface area (Å²) in [6.07, 6.45) is 0. The Morgan fingerprint density at radius 1 is 1.33 bits per heavy atom. The highest BCUT2D eigenvalue weighted by molar-refractivity contribution is 5.80. The summed E-state index contributed by atoms with van der Waals surface area (Å²) < 4.78 is 5.53. The summed E-state index contributed by atoms with van der Waals surface area (Å²) in [6, 6.07) is 0.348. The maximum atomic E-state index is 11.7. The summed E-state index contributed by atoms with van der Waals surface area (Å²) in [5, 5.41) is 14.0. The lowest BCUT2D eigenvalue weighted by Crippen LogP contribution is -2.37. The van der Waals surface area contributed by atoms with Gasteiger partial charge in [-0.2, -0.15) is 0 Å². The van der Waals surface area contributed by atoms with Crippen molar-refractivity contribution in [2.75, 3.05) is 25.0 Å². The molecule has 0 unspecified atom stereocenters. The first-order valence-electron chi connectivity index (χ1n) is 7.22. The van der Waals surface area contributed by atoms with Crippen LogP contribution in [0.5, 0.6) is 0 Å². The molecular formula is C14H27N5O2. The maximum Gasteiger partial charge on any atom is 0.318 e. The van der Waals surface area contributed by atoms with E-state index in [4.69, 9.17) is 4.42 Å². The van der Waals surface area contributed by atoms with Crippen molar-refractivity contribution in [2.45, 2.75) is 46.7 Å². The number of aromatic nitrogens is 2. The van der Waals surface area contributed by atoms with Gasteiger partial charge in [-0.15, -0.1) is 5.10 Å². The molecule has 0 fully saturated rings. The Morgan fingerprint density at radius 2 is 2.00 bits per heavy atom. The van der Waals surface area contributed by atoms with Gasteiger partial charge in [0.1, 0.15) is 6.54 Å². The van der Waals surface area contributed by atoms with E-state index >= 15 is 0 Å². The summed E-state index contributed by atoms with van der Waals surface area (Å²) in [4.78, 5) is 13.4. The van der Waals surface area contributed by atoms with Crippen LogP contribution in [0.3, 0.4) is 0 Å². The third kappa shape index (κ3) is 7.08. The molecule has 1 rings (SSSR count). The lowest BCUT2D eigenvalue weighted by molar-refractivity contribution is -0.119. The monoisotopic (exact) mass is 297 g/mol. The van der Waals surface area contributed by atoms with Crippen LogP contribution in [-0.2, 0) is 11.3 Å². The molecule has 0 saturated carbocycles. The van der Waals surface area contributed by atoms with Crippen LogP contribution in [0.25, 0.3) is 0 Å². The normalized spacial score (nSPS) is 11.8. The van der Waals surface area contributed by atoms with Crippen molar-refractivity contribution in [1.29, 1.82) is 0 Å². The number of hydrogen-bond donors (Lipinski definition) is 2. The fourth-order valence-electron chi connectivity index (χ4n) is 1.47. The molecule has 7 heteroatoms. The molecule has 0 radical (unpaired) electrons. The first-order chi connectivity index (χ1) is 9.67. The highest BCUT2D eigenvalue weighted by Gasteiger charge is 2.16. The summed E-state index contributed by atoms with van der Waals surface area (Å²) in [5.74, 6) is 0.880. The molecule has 1 amide bonds. The molecule has 0 aromatic carbocycles. The van der Waals surface area contributed by atoms with E-state index in [1.807, 2.05) is 0 Å². The predicted molar refractivity (Wildman–Crippen MR) is 82.0 cm³/mol. The lowest BCUT2D eigenvalue weighted by atomic mass is 10.1. The third-order valence-corrected chi connectivity index (χ3v) is 2.64. The van der Waals surface area contributed by atoms with Crippen LogP contribution in [0.1, 0.15) is 40.5 Å². The fraction of sp³-hybridized carbons (Fsp3) is 0.786. The van der Waals surface area contributed by atoms with Crippen LogP contribution in [-0.4, -0.2) is 41.8 Å². The molecular weight excluding hydrogens is 270 g/mol. The van der Waals surface area contributed by atoms with Crippen LogP contribution in [0.15, 0.2) is 4.42 Å². The Balaban J connectivity index is 2.46. The van der Waals surface area contributed by atoms with Gasteiger partial charge >= 0.3 is 6.01 Å². The van der Waals surface area contributed by atoms with Gasteiger partial charge in [0.2, 0.25) is 11.8 Å². The topological polar surface area (TPSA) is 83.3 Å². The van der Waals surface area contributed by atoms with E-state index in [0.717, 1.165) is 0 Å². The van der Waals surface area contributed by atoms with Gasteiger partial charge in [0, 0.05) is 19.1 Å². The summed E-state index contributed by atoms with van der Waals surface area (Å²) in [7, 11) is 1.75. The SMILES string of the molecule is CC(C)CNC(=O)CN(C)c1nnc(CNC(C)(C)C)o1. The second-order valence-electron chi connectivity index (χ2n) is 6.64. The smallest absolute Gasteiger partial charge is 0.318 e. The highest BCUT2D eigenvalue weighted by Crippen LogP contribution is 2.11. The first kappa shape index (κ1) is 17.4. The van der Waals surface area contributed by atoms with Crippen molar-refractivity contribution in [1.82, 2.24) is 20.8 Å². The van der Waals surface area contributed by atoms with E-state index in [9.17, 15) is 4.79 Å². The molecule has 1 aromatic heterocycles. The van der Waals surface area contributed by atoms with E-state index in [-0.39, 0.29) is 18.0 Å². The van der Waals surface area contributed by atoms with Gasteiger partial charge in [-0.25, -0.2) is 0 Å². The summed E-state index contributed by atoms with van der Waals surface area (Å²) >= 11 is 0. The minimum absolute atomic E-state index is 0.0166. The molecule has 0 aliphatic heterocycles. The Kier molecular flexibility index (Phi) is 6.14. The minimum Gasteiger partial charge on any atom is -0.407 e. The molecule has 0 bridgehead atoms. The average Bonchev–Trinajstić information content (AvgIpc) is 2.82. The van der Waals surface area contributed by atoms with E-state index < -0.39 is 0 Å². The number of rotatable bonds is 7. The van der Waals surface area contributed by atoms with Crippen LogP contribution >= 0.6 is 0 Å². The number of nitrogens with one attached hydrogen (secondary N) is 2. The summed E-state index contributed by atoms with van der Waals surface area (Å²) in [5.41, 5.74) is -0.0166. The molecule has 2 N–H and O–H groups in total. The highest BCUT2D eigenvalue weighted by atomic mass is 16.4. The van der Waals surface area contributed by atoms with Gasteiger partial charge in [-0.05, 0) is 26.7 Å². The zero-order chi connectivity index (χ0) is 16.0. The zero-order valence-corrected chi connectivity index (χ0v) is 13.9. The summed E-state index contributed by atoms with van der Waals surface area (Å²) in [6.45, 7) is 11.7. The molecule has 0 atom stereocenters. The van der Waals surface area contributed by atoms with Gasteiger partial charge in [0.25, 0.3) is 0 Å². The van der Waals surface area contributed by atoms with E-state index in [1.54, 1.807) is 11.9 Å². The van der Waals surface area contributed by atoms with E-state index in [0.29, 0.717) is 30.9 Å². The second kappa shape index (κ2) is 7.40. The fourth-order valence-corrected chi connectivity index (χ4v) is 1.47. The number of amides is 1. The van der Waals surface area contributed by atoms with Gasteiger partial charge in [0.15, 0.2) is 0 Å². The molecule has 0 aliphatic carbocycles. The molecule has 0 aliphatic rings. The van der Waals surface area contributed by atoms with Gasteiger partial charge in [-0.3, -0.25) is 4.79 Å². The molecule has 7 nitrogen and oxygen atoms in total. The average molecular weight is 297 g/mol. The predicted octanol–water partition coefficient (Wildman–Crippen LogP) is 1.17. The Bertz CT molecular complexity index is 450. The number of carbonyl (C=O) groups is 1. The number of carbonyl (C=O) groups excluding carboxylic acids is 1. The number of hydrogen-bond acceptors (Lipinski definition) is 6. The Labute approximate surface area is 126 Å². The number of anilines is 1. The third-order valence-electron chi connectivity index (χ3n) is 2.64. The van der Waals surface area contributed by atoms with Crippen LogP contribution in [0.2, 0.25) is 0 Å². The molecule has 0 saturated heterocycles. The van der Waals surface area contributed by atoms with Crippen molar-refractivity contribution in [3.05, 3.63) is 5.89 Å².